The van der Waals surface area contributed by atoms with Crippen LogP contribution in [0.4, 0.5) is 20.0 Å². The largest absolute Gasteiger partial charge is 0.477 e. The van der Waals surface area contributed by atoms with E-state index in [1.165, 1.54) is 17.5 Å². The highest BCUT2D eigenvalue weighted by molar-refractivity contribution is 7.14. The number of aromatic nitrogens is 2. The number of benzene rings is 2. The monoisotopic (exact) mass is 547 g/mol. The van der Waals surface area contributed by atoms with Gasteiger partial charge in [-0.15, -0.1) is 11.3 Å². The van der Waals surface area contributed by atoms with Gasteiger partial charge in [0, 0.05) is 54.7 Å². The van der Waals surface area contributed by atoms with Crippen molar-refractivity contribution < 1.29 is 19.1 Å². The summed E-state index contributed by atoms with van der Waals surface area (Å²) in [5, 5.41) is 14.8. The van der Waals surface area contributed by atoms with Crippen LogP contribution in [0.5, 0.6) is 0 Å². The first-order valence-corrected chi connectivity index (χ1v) is 13.6. The van der Waals surface area contributed by atoms with E-state index in [9.17, 15) is 19.5 Å². The van der Waals surface area contributed by atoms with E-state index in [0.717, 1.165) is 35.7 Å². The fourth-order valence-electron chi connectivity index (χ4n) is 4.92. The van der Waals surface area contributed by atoms with Gasteiger partial charge in [0.2, 0.25) is 5.43 Å². The summed E-state index contributed by atoms with van der Waals surface area (Å²) in [6, 6.07) is 10.6. The molecule has 200 valence electrons. The number of hydrogen-bond donors (Lipinski definition) is 2. The lowest BCUT2D eigenvalue weighted by Gasteiger charge is -2.36. The molecule has 2 aromatic carbocycles. The number of hydrogen-bond acceptors (Lipinski definition) is 6. The zero-order valence-electron chi connectivity index (χ0n) is 21.2. The van der Waals surface area contributed by atoms with Crippen LogP contribution in [0.15, 0.2) is 52.8 Å². The summed E-state index contributed by atoms with van der Waals surface area (Å²) in [6.07, 6.45) is 3.13. The van der Waals surface area contributed by atoms with E-state index in [4.69, 9.17) is 0 Å². The lowest BCUT2D eigenvalue weighted by atomic mass is 10.1. The van der Waals surface area contributed by atoms with Crippen LogP contribution >= 0.6 is 11.3 Å². The second-order valence-electron chi connectivity index (χ2n) is 9.94. The molecule has 0 bridgehead atoms. The molecule has 11 heteroatoms. The summed E-state index contributed by atoms with van der Waals surface area (Å²) in [7, 11) is 0. The van der Waals surface area contributed by atoms with Crippen LogP contribution in [0, 0.1) is 12.7 Å². The molecular formula is C28H26FN5O4S. The molecule has 1 aliphatic heterocycles. The molecule has 2 aliphatic rings. The van der Waals surface area contributed by atoms with Crippen molar-refractivity contribution in [2.24, 2.45) is 0 Å². The van der Waals surface area contributed by atoms with Gasteiger partial charge in [0.1, 0.15) is 11.4 Å². The van der Waals surface area contributed by atoms with Crippen LogP contribution < -0.4 is 15.6 Å². The Balaban J connectivity index is 1.16. The van der Waals surface area contributed by atoms with Crippen LogP contribution in [0.2, 0.25) is 0 Å². The number of fused-ring (bicyclic) bond motifs is 1. The van der Waals surface area contributed by atoms with Crippen molar-refractivity contribution >= 4 is 45.1 Å². The second kappa shape index (κ2) is 9.81. The Morgan fingerprint density at radius 3 is 2.49 bits per heavy atom. The van der Waals surface area contributed by atoms with Gasteiger partial charge in [-0.25, -0.2) is 19.0 Å². The number of carbonyl (C=O) groups excluding carboxylic acids is 1. The number of halogens is 1. The predicted molar refractivity (Wildman–Crippen MR) is 148 cm³/mol. The minimum absolute atomic E-state index is 0.0644. The Morgan fingerprint density at radius 2 is 1.82 bits per heavy atom. The molecule has 2 fully saturated rings. The number of amides is 2. The number of piperazine rings is 1. The molecule has 1 saturated carbocycles. The third kappa shape index (κ3) is 4.85. The van der Waals surface area contributed by atoms with Crippen LogP contribution in [0.25, 0.3) is 22.2 Å². The molecule has 0 unspecified atom stereocenters. The molecule has 1 aliphatic carbocycles. The van der Waals surface area contributed by atoms with Crippen molar-refractivity contribution in [1.82, 2.24) is 14.5 Å². The second-order valence-corrected chi connectivity index (χ2v) is 10.8. The van der Waals surface area contributed by atoms with E-state index in [2.05, 4.69) is 10.3 Å². The first-order chi connectivity index (χ1) is 18.8. The van der Waals surface area contributed by atoms with E-state index in [1.54, 1.807) is 15.5 Å². The van der Waals surface area contributed by atoms with Crippen molar-refractivity contribution in [3.63, 3.8) is 0 Å². The number of carboxylic acid groups (broad SMARTS) is 1. The number of carboxylic acids is 1. The van der Waals surface area contributed by atoms with Crippen LogP contribution in [-0.4, -0.2) is 57.7 Å². The lowest BCUT2D eigenvalue weighted by Crippen LogP contribution is -2.50. The number of aryl methyl sites for hydroxylation is 1. The number of anilines is 2. The van der Waals surface area contributed by atoms with Crippen LogP contribution in [0.1, 0.15) is 34.8 Å². The number of aromatic carboxylic acids is 1. The molecule has 1 saturated heterocycles. The van der Waals surface area contributed by atoms with E-state index in [0.29, 0.717) is 42.5 Å². The minimum Gasteiger partial charge on any atom is -0.477 e. The van der Waals surface area contributed by atoms with Gasteiger partial charge in [-0.3, -0.25) is 10.1 Å². The maximum absolute atomic E-state index is 15.2. The molecule has 0 spiro atoms. The number of nitrogens with one attached hydrogen (secondary N) is 1. The third-order valence-electron chi connectivity index (χ3n) is 7.24. The van der Waals surface area contributed by atoms with Crippen molar-refractivity contribution in [3.8, 4) is 11.3 Å². The highest BCUT2D eigenvalue weighted by Gasteiger charge is 2.29. The summed E-state index contributed by atoms with van der Waals surface area (Å²) in [5.74, 6) is -1.91. The number of urea groups is 1. The average molecular weight is 548 g/mol. The van der Waals surface area contributed by atoms with Gasteiger partial charge in [-0.1, -0.05) is 29.8 Å². The summed E-state index contributed by atoms with van der Waals surface area (Å²) < 4.78 is 17.0. The first-order valence-electron chi connectivity index (χ1n) is 12.7. The Hall–Kier alpha value is -4.25. The summed E-state index contributed by atoms with van der Waals surface area (Å²) in [5.41, 5.74) is 2.76. The van der Waals surface area contributed by atoms with Gasteiger partial charge >= 0.3 is 12.0 Å². The zero-order valence-corrected chi connectivity index (χ0v) is 22.0. The Morgan fingerprint density at radius 1 is 1.10 bits per heavy atom. The van der Waals surface area contributed by atoms with Crippen LogP contribution in [0.3, 0.4) is 0 Å². The van der Waals surface area contributed by atoms with Gasteiger partial charge in [0.05, 0.1) is 16.9 Å². The number of nitrogens with zero attached hydrogens (tertiary/aromatic N) is 4. The van der Waals surface area contributed by atoms with E-state index in [1.807, 2.05) is 41.5 Å². The summed E-state index contributed by atoms with van der Waals surface area (Å²) in [6.45, 7) is 3.60. The standard InChI is InChI=1S/C28H26FN5O4S/c1-16-2-4-17(5-3-16)22-15-39-27(30-22)31-28(38)33-10-8-32(9-11-33)24-13-23-19(12-21(24)29)25(35)20(26(36)37)14-34(23)18-6-7-18/h2-5,12-15,18H,6-11H2,1H3,(H,36,37)(H,30,31,38). The van der Waals surface area contributed by atoms with Crippen molar-refractivity contribution in [1.29, 1.82) is 0 Å². The highest BCUT2D eigenvalue weighted by Crippen LogP contribution is 2.38. The van der Waals surface area contributed by atoms with Crippen molar-refractivity contribution in [3.05, 3.63) is 75.1 Å². The smallest absolute Gasteiger partial charge is 0.341 e. The summed E-state index contributed by atoms with van der Waals surface area (Å²) in [4.78, 5) is 45.3. The number of pyridine rings is 1. The molecule has 3 heterocycles. The normalized spacial score (nSPS) is 15.5. The van der Waals surface area contributed by atoms with E-state index in [-0.39, 0.29) is 23.0 Å². The Bertz CT molecular complexity index is 1650. The molecule has 9 nitrogen and oxygen atoms in total. The Kier molecular flexibility index (Phi) is 6.30. The number of carbonyl (C=O) groups is 2. The Labute approximate surface area is 227 Å². The molecule has 4 aromatic rings. The molecule has 0 atom stereocenters. The fourth-order valence-corrected chi connectivity index (χ4v) is 5.63. The SMILES string of the molecule is Cc1ccc(-c2csc(NC(=O)N3CCN(c4cc5c(cc4F)c(=O)c(C(=O)O)cn5C4CC4)CC3)n2)cc1. The van der Waals surface area contributed by atoms with Crippen LogP contribution in [-0.2, 0) is 0 Å². The van der Waals surface area contributed by atoms with E-state index < -0.39 is 17.2 Å². The fraction of sp³-hybridized carbons (Fsp3) is 0.286. The molecule has 2 aromatic heterocycles. The zero-order chi connectivity index (χ0) is 27.3. The van der Waals surface area contributed by atoms with Gasteiger partial charge < -0.3 is 19.5 Å². The molecule has 6 rings (SSSR count). The molecule has 2 amide bonds. The van der Waals surface area contributed by atoms with Gasteiger partial charge in [0.25, 0.3) is 0 Å². The van der Waals surface area contributed by atoms with Crippen molar-refractivity contribution in [2.75, 3.05) is 36.4 Å². The minimum atomic E-state index is -1.32. The van der Waals surface area contributed by atoms with Gasteiger partial charge in [-0.05, 0) is 31.9 Å². The van der Waals surface area contributed by atoms with Gasteiger partial charge in [0.15, 0.2) is 5.13 Å². The molecule has 0 radical (unpaired) electrons. The number of rotatable bonds is 5. The quantitative estimate of drug-likeness (QED) is 0.366. The summed E-state index contributed by atoms with van der Waals surface area (Å²) >= 11 is 1.36. The lowest BCUT2D eigenvalue weighted by molar-refractivity contribution is 0.0694. The number of thiazole rings is 1. The highest BCUT2D eigenvalue weighted by atomic mass is 32.1. The first kappa shape index (κ1) is 25.1. The predicted octanol–water partition coefficient (Wildman–Crippen LogP) is 4.96. The topological polar surface area (TPSA) is 108 Å². The maximum atomic E-state index is 15.2. The average Bonchev–Trinajstić information content (AvgIpc) is 3.67. The van der Waals surface area contributed by atoms with Gasteiger partial charge in [-0.2, -0.15) is 0 Å². The molecule has 2 N–H and O–H groups in total. The molecular weight excluding hydrogens is 521 g/mol. The van der Waals surface area contributed by atoms with E-state index >= 15 is 4.39 Å². The molecule has 39 heavy (non-hydrogen) atoms. The third-order valence-corrected chi connectivity index (χ3v) is 8.00. The maximum Gasteiger partial charge on any atom is 0.341 e. The van der Waals surface area contributed by atoms with Crippen molar-refractivity contribution in [2.45, 2.75) is 25.8 Å².